The second-order valence-corrected chi connectivity index (χ2v) is 3.15. The third kappa shape index (κ3) is 3.15. The van der Waals surface area contributed by atoms with Crippen molar-refractivity contribution in [2.45, 2.75) is 12.8 Å². The summed E-state index contributed by atoms with van der Waals surface area (Å²) in [5.41, 5.74) is -2.88. The maximum absolute atomic E-state index is 12.4. The van der Waals surface area contributed by atoms with Crippen molar-refractivity contribution in [3.05, 3.63) is 27.0 Å². The Kier molecular flexibility index (Phi) is 3.89. The van der Waals surface area contributed by atoms with Gasteiger partial charge in [0.15, 0.2) is 5.15 Å². The molecule has 0 atom stereocenters. The third-order valence-corrected chi connectivity index (χ3v) is 1.90. The summed E-state index contributed by atoms with van der Waals surface area (Å²) >= 11 is 5.17. The smallest absolute Gasteiger partial charge is 0.395 e. The molecule has 0 aliphatic heterocycles. The first kappa shape index (κ1) is 14.4. The number of alkyl halides is 5. The van der Waals surface area contributed by atoms with Crippen LogP contribution in [0.25, 0.3) is 0 Å². The van der Waals surface area contributed by atoms with Gasteiger partial charge in [-0.25, -0.2) is 13.8 Å². The average molecular weight is 293 g/mol. The fraction of sp³-hybridized carbons (Fsp3) is 0.286. The van der Waals surface area contributed by atoms with Crippen LogP contribution in [-0.4, -0.2) is 16.3 Å². The van der Waals surface area contributed by atoms with Crippen LogP contribution in [0.5, 0.6) is 5.75 Å². The molecule has 1 rings (SSSR count). The molecule has 0 aliphatic carbocycles. The molecular formula is C7H2ClF5N2O3. The highest BCUT2D eigenvalue weighted by Gasteiger charge is 2.39. The van der Waals surface area contributed by atoms with Crippen molar-refractivity contribution >= 4 is 17.3 Å². The summed E-state index contributed by atoms with van der Waals surface area (Å²) in [4.78, 5) is 12.1. The molecule has 11 heteroatoms. The molecule has 0 saturated carbocycles. The molecule has 0 aromatic carbocycles. The summed E-state index contributed by atoms with van der Waals surface area (Å²) in [7, 11) is 0. The van der Waals surface area contributed by atoms with Crippen molar-refractivity contribution in [2.75, 3.05) is 0 Å². The number of halogens is 6. The van der Waals surface area contributed by atoms with E-state index in [1.54, 1.807) is 0 Å². The highest BCUT2D eigenvalue weighted by Crippen LogP contribution is 2.42. The van der Waals surface area contributed by atoms with Gasteiger partial charge in [-0.1, -0.05) is 11.6 Å². The van der Waals surface area contributed by atoms with Gasteiger partial charge in [-0.15, -0.1) is 13.2 Å². The van der Waals surface area contributed by atoms with E-state index in [0.29, 0.717) is 6.20 Å². The van der Waals surface area contributed by atoms with Crippen LogP contribution in [-0.2, 0) is 0 Å². The molecule has 5 nitrogen and oxygen atoms in total. The van der Waals surface area contributed by atoms with Crippen LogP contribution in [0, 0.1) is 10.1 Å². The van der Waals surface area contributed by atoms with Gasteiger partial charge in [0.1, 0.15) is 5.56 Å². The number of hydrogen-bond acceptors (Lipinski definition) is 4. The first-order chi connectivity index (χ1) is 8.13. The zero-order valence-corrected chi connectivity index (χ0v) is 8.80. The monoisotopic (exact) mass is 292 g/mol. The predicted molar refractivity (Wildman–Crippen MR) is 47.5 cm³/mol. The molecule has 1 heterocycles. The molecule has 100 valence electrons. The average Bonchev–Trinajstić information content (AvgIpc) is 2.17. The number of nitrogens with zero attached hydrogens (tertiary/aromatic N) is 2. The van der Waals surface area contributed by atoms with E-state index in [-0.39, 0.29) is 0 Å². The topological polar surface area (TPSA) is 65.3 Å². The van der Waals surface area contributed by atoms with E-state index in [0.717, 1.165) is 0 Å². The molecule has 0 saturated heterocycles. The van der Waals surface area contributed by atoms with Crippen molar-refractivity contribution in [1.82, 2.24) is 4.98 Å². The second kappa shape index (κ2) is 4.88. The normalized spacial score (nSPS) is 11.7. The van der Waals surface area contributed by atoms with Gasteiger partial charge >= 0.3 is 12.0 Å². The Bertz CT molecular complexity index is 479. The Morgan fingerprint density at radius 2 is 2.00 bits per heavy atom. The number of nitro groups is 1. The molecule has 0 aliphatic rings. The van der Waals surface area contributed by atoms with Crippen LogP contribution in [0.15, 0.2) is 6.20 Å². The molecule has 0 spiro atoms. The number of rotatable bonds is 3. The van der Waals surface area contributed by atoms with E-state index < -0.39 is 39.9 Å². The molecule has 0 N–H and O–H groups in total. The summed E-state index contributed by atoms with van der Waals surface area (Å²) in [5.74, 6) is -1.56. The fourth-order valence-electron chi connectivity index (χ4n) is 1.03. The molecule has 1 aromatic heterocycles. The van der Waals surface area contributed by atoms with Gasteiger partial charge < -0.3 is 4.74 Å². The van der Waals surface area contributed by atoms with Crippen molar-refractivity contribution in [1.29, 1.82) is 0 Å². The van der Waals surface area contributed by atoms with Crippen LogP contribution < -0.4 is 4.74 Å². The van der Waals surface area contributed by atoms with E-state index in [1.807, 2.05) is 0 Å². The molecule has 18 heavy (non-hydrogen) atoms. The molecular weight excluding hydrogens is 291 g/mol. The van der Waals surface area contributed by atoms with Crippen LogP contribution >= 0.6 is 11.6 Å². The zero-order valence-electron chi connectivity index (χ0n) is 8.04. The Morgan fingerprint density at radius 3 is 2.39 bits per heavy atom. The minimum Gasteiger partial charge on any atom is -0.395 e. The highest BCUT2D eigenvalue weighted by atomic mass is 35.5. The minimum absolute atomic E-state index is 0.314. The van der Waals surface area contributed by atoms with Crippen LogP contribution in [0.4, 0.5) is 27.6 Å². The summed E-state index contributed by atoms with van der Waals surface area (Å²) in [6, 6.07) is 0. The second-order valence-electron chi connectivity index (χ2n) is 2.79. The van der Waals surface area contributed by atoms with Crippen molar-refractivity contribution in [2.24, 2.45) is 0 Å². The van der Waals surface area contributed by atoms with Gasteiger partial charge in [0.05, 0.1) is 4.92 Å². The molecule has 0 unspecified atom stereocenters. The first-order valence-electron chi connectivity index (χ1n) is 4.00. The summed E-state index contributed by atoms with van der Waals surface area (Å²) < 4.78 is 64.0. The quantitative estimate of drug-likeness (QED) is 0.370. The summed E-state index contributed by atoms with van der Waals surface area (Å²) in [5, 5.41) is 9.49. The summed E-state index contributed by atoms with van der Waals surface area (Å²) in [6.45, 7) is 0. The number of hydrogen-bond donors (Lipinski definition) is 0. The van der Waals surface area contributed by atoms with Crippen molar-refractivity contribution in [3.8, 4) is 5.75 Å². The molecule has 1 aromatic rings. The zero-order chi connectivity index (χ0) is 14.1. The van der Waals surface area contributed by atoms with Crippen LogP contribution in [0.2, 0.25) is 5.15 Å². The van der Waals surface area contributed by atoms with Crippen LogP contribution in [0.1, 0.15) is 12.0 Å². The lowest BCUT2D eigenvalue weighted by Gasteiger charge is -2.11. The lowest BCUT2D eigenvalue weighted by molar-refractivity contribution is -0.390. The minimum atomic E-state index is -5.32. The largest absolute Gasteiger partial charge is 0.573 e. The van der Waals surface area contributed by atoms with Gasteiger partial charge in [0.25, 0.3) is 6.43 Å². The van der Waals surface area contributed by atoms with E-state index >= 15 is 0 Å². The van der Waals surface area contributed by atoms with Gasteiger partial charge in [0.2, 0.25) is 5.75 Å². The fourth-order valence-corrected chi connectivity index (χ4v) is 1.21. The van der Waals surface area contributed by atoms with Gasteiger partial charge in [-0.3, -0.25) is 10.1 Å². The Balaban J connectivity index is 3.46. The van der Waals surface area contributed by atoms with E-state index in [9.17, 15) is 32.1 Å². The standard InChI is InChI=1S/C7H2ClF5N2O3/c8-5-4(18-7(11,12)13)3(15(16)17)2(1-14-5)6(9)10/h1,6H. The molecule has 0 fully saturated rings. The number of ether oxygens (including phenoxy) is 1. The lowest BCUT2D eigenvalue weighted by Crippen LogP contribution is -2.19. The van der Waals surface area contributed by atoms with E-state index in [4.69, 9.17) is 11.6 Å². The van der Waals surface area contributed by atoms with Crippen molar-refractivity contribution < 1.29 is 31.6 Å². The number of pyridine rings is 1. The summed E-state index contributed by atoms with van der Waals surface area (Å²) in [6.07, 6.45) is -8.41. The van der Waals surface area contributed by atoms with Gasteiger partial charge in [-0.2, -0.15) is 0 Å². The number of aromatic nitrogens is 1. The maximum atomic E-state index is 12.4. The van der Waals surface area contributed by atoms with Gasteiger partial charge in [0, 0.05) is 6.20 Å². The van der Waals surface area contributed by atoms with Crippen molar-refractivity contribution in [3.63, 3.8) is 0 Å². The molecule has 0 radical (unpaired) electrons. The van der Waals surface area contributed by atoms with E-state index in [2.05, 4.69) is 9.72 Å². The lowest BCUT2D eigenvalue weighted by atomic mass is 10.2. The Labute approximate surface area is 100 Å². The highest BCUT2D eigenvalue weighted by molar-refractivity contribution is 6.31. The van der Waals surface area contributed by atoms with Crippen LogP contribution in [0.3, 0.4) is 0 Å². The van der Waals surface area contributed by atoms with E-state index in [1.165, 1.54) is 0 Å². The Morgan fingerprint density at radius 1 is 1.44 bits per heavy atom. The maximum Gasteiger partial charge on any atom is 0.573 e. The molecule has 0 amide bonds. The molecule has 0 bridgehead atoms. The Hall–Kier alpha value is -1.71. The first-order valence-corrected chi connectivity index (χ1v) is 4.38. The van der Waals surface area contributed by atoms with Gasteiger partial charge in [-0.05, 0) is 0 Å². The third-order valence-electron chi connectivity index (χ3n) is 1.63. The SMILES string of the molecule is O=[N+]([O-])c1c(C(F)F)cnc(Cl)c1OC(F)(F)F. The predicted octanol–water partition coefficient (Wildman–Crippen LogP) is 3.48.